The number of hydrogen-bond acceptors (Lipinski definition) is 5. The van der Waals surface area contributed by atoms with Gasteiger partial charge < -0.3 is 19.7 Å². The third kappa shape index (κ3) is 2.59. The van der Waals surface area contributed by atoms with E-state index in [1.54, 1.807) is 0 Å². The van der Waals surface area contributed by atoms with Gasteiger partial charge in [0.25, 0.3) is 0 Å². The van der Waals surface area contributed by atoms with Gasteiger partial charge in [-0.2, -0.15) is 0 Å². The van der Waals surface area contributed by atoms with Crippen LogP contribution >= 0.6 is 0 Å². The van der Waals surface area contributed by atoms with Crippen LogP contribution < -0.4 is 5.32 Å². The summed E-state index contributed by atoms with van der Waals surface area (Å²) in [6, 6.07) is 0. The minimum Gasteiger partial charge on any atom is -0.469 e. The van der Waals surface area contributed by atoms with Crippen molar-refractivity contribution >= 4 is 5.97 Å². The number of methoxy groups -OCH3 is 1. The van der Waals surface area contributed by atoms with Crippen molar-refractivity contribution in [1.29, 1.82) is 0 Å². The molecule has 0 aromatic heterocycles. The maximum absolute atomic E-state index is 12.3. The number of carbonyl (C=O) groups excluding carboxylic acids is 1. The zero-order valence-corrected chi connectivity index (χ0v) is 12.4. The summed E-state index contributed by atoms with van der Waals surface area (Å²) in [5.41, 5.74) is -0.310. The van der Waals surface area contributed by atoms with Crippen LogP contribution in [0.4, 0.5) is 0 Å². The molecule has 114 valence electrons. The molecule has 0 bridgehead atoms. The number of nitrogens with one attached hydrogen (secondary N) is 1. The molecule has 5 nitrogen and oxygen atoms in total. The molecular weight excluding hydrogens is 256 g/mol. The molecule has 3 saturated heterocycles. The first-order chi connectivity index (χ1) is 9.74. The highest BCUT2D eigenvalue weighted by molar-refractivity contribution is 5.78. The molecule has 3 atom stereocenters. The zero-order valence-electron chi connectivity index (χ0n) is 12.4. The zero-order chi connectivity index (χ0) is 14.0. The predicted octanol–water partition coefficient (Wildman–Crippen LogP) is 0.498. The van der Waals surface area contributed by atoms with Gasteiger partial charge in [0.1, 0.15) is 0 Å². The average molecular weight is 282 g/mol. The topological polar surface area (TPSA) is 50.8 Å². The molecule has 20 heavy (non-hydrogen) atoms. The third-order valence-corrected chi connectivity index (χ3v) is 5.28. The summed E-state index contributed by atoms with van der Waals surface area (Å²) >= 11 is 0. The van der Waals surface area contributed by atoms with E-state index < -0.39 is 0 Å². The number of piperidine rings is 1. The number of likely N-dealkylation sites (tertiary alicyclic amines) is 1. The van der Waals surface area contributed by atoms with Crippen LogP contribution in [0.3, 0.4) is 0 Å². The van der Waals surface area contributed by atoms with Crippen molar-refractivity contribution < 1.29 is 14.3 Å². The van der Waals surface area contributed by atoms with Crippen LogP contribution in [-0.4, -0.2) is 63.9 Å². The summed E-state index contributed by atoms with van der Waals surface area (Å²) in [4.78, 5) is 14.8. The first-order valence-electron chi connectivity index (χ1n) is 7.84. The van der Waals surface area contributed by atoms with E-state index in [-0.39, 0.29) is 11.4 Å². The fourth-order valence-electron chi connectivity index (χ4n) is 4.17. The largest absolute Gasteiger partial charge is 0.469 e. The Labute approximate surface area is 121 Å². The maximum Gasteiger partial charge on any atom is 0.313 e. The first-order valence-corrected chi connectivity index (χ1v) is 7.84. The molecule has 0 aliphatic carbocycles. The lowest BCUT2D eigenvalue weighted by Gasteiger charge is -2.35. The minimum absolute atomic E-state index is 0.0323. The smallest absolute Gasteiger partial charge is 0.313 e. The Bertz CT molecular complexity index is 357. The number of hydrogen-bond donors (Lipinski definition) is 1. The van der Waals surface area contributed by atoms with E-state index in [9.17, 15) is 4.79 Å². The SMILES string of the molecule is COC(=O)[C@@]12CCOC[C@@H]1CN(CC1CCCNC1)C2. The molecule has 5 heteroatoms. The first kappa shape index (κ1) is 14.3. The number of esters is 1. The summed E-state index contributed by atoms with van der Waals surface area (Å²) < 4.78 is 10.7. The van der Waals surface area contributed by atoms with Crippen molar-refractivity contribution in [3.63, 3.8) is 0 Å². The molecule has 0 saturated carbocycles. The van der Waals surface area contributed by atoms with Crippen LogP contribution in [0.15, 0.2) is 0 Å². The van der Waals surface area contributed by atoms with Crippen molar-refractivity contribution in [3.8, 4) is 0 Å². The molecule has 0 aromatic carbocycles. The van der Waals surface area contributed by atoms with Gasteiger partial charge in [0, 0.05) is 32.2 Å². The Morgan fingerprint density at radius 3 is 3.20 bits per heavy atom. The molecular formula is C15H26N2O3. The Morgan fingerprint density at radius 2 is 2.45 bits per heavy atom. The molecule has 3 heterocycles. The van der Waals surface area contributed by atoms with Gasteiger partial charge in [-0.3, -0.25) is 4.79 Å². The summed E-state index contributed by atoms with van der Waals surface area (Å²) in [7, 11) is 1.51. The summed E-state index contributed by atoms with van der Waals surface area (Å²) in [5.74, 6) is 0.995. The molecule has 0 radical (unpaired) electrons. The van der Waals surface area contributed by atoms with E-state index in [0.29, 0.717) is 19.1 Å². The van der Waals surface area contributed by atoms with E-state index in [2.05, 4.69) is 10.2 Å². The highest BCUT2D eigenvalue weighted by Gasteiger charge is 2.54. The molecule has 0 spiro atoms. The molecule has 1 N–H and O–H groups in total. The fourth-order valence-corrected chi connectivity index (χ4v) is 4.17. The van der Waals surface area contributed by atoms with Gasteiger partial charge in [0.2, 0.25) is 0 Å². The molecule has 0 amide bonds. The molecule has 3 fully saturated rings. The number of rotatable bonds is 3. The lowest BCUT2D eigenvalue weighted by molar-refractivity contribution is -0.161. The van der Waals surface area contributed by atoms with E-state index in [0.717, 1.165) is 45.1 Å². The number of nitrogens with zero attached hydrogens (tertiary/aromatic N) is 1. The third-order valence-electron chi connectivity index (χ3n) is 5.28. The second-order valence-corrected chi connectivity index (χ2v) is 6.58. The van der Waals surface area contributed by atoms with Crippen LogP contribution in [0.1, 0.15) is 19.3 Å². The van der Waals surface area contributed by atoms with E-state index in [4.69, 9.17) is 9.47 Å². The molecule has 1 unspecified atom stereocenters. The molecule has 3 aliphatic rings. The van der Waals surface area contributed by atoms with E-state index in [1.807, 2.05) is 0 Å². The maximum atomic E-state index is 12.3. The van der Waals surface area contributed by atoms with E-state index in [1.165, 1.54) is 20.0 Å². The van der Waals surface area contributed by atoms with Crippen LogP contribution in [0.2, 0.25) is 0 Å². The van der Waals surface area contributed by atoms with Gasteiger partial charge in [0.05, 0.1) is 19.1 Å². The van der Waals surface area contributed by atoms with Crippen LogP contribution in [-0.2, 0) is 14.3 Å². The number of fused-ring (bicyclic) bond motifs is 1. The molecule has 3 aliphatic heterocycles. The van der Waals surface area contributed by atoms with Gasteiger partial charge in [-0.25, -0.2) is 0 Å². The van der Waals surface area contributed by atoms with Crippen LogP contribution in [0, 0.1) is 17.3 Å². The quantitative estimate of drug-likeness (QED) is 0.764. The fraction of sp³-hybridized carbons (Fsp3) is 0.933. The Hall–Kier alpha value is -0.650. The van der Waals surface area contributed by atoms with Crippen molar-refractivity contribution in [2.75, 3.05) is 53.0 Å². The minimum atomic E-state index is -0.310. The van der Waals surface area contributed by atoms with Gasteiger partial charge in [0.15, 0.2) is 0 Å². The van der Waals surface area contributed by atoms with Gasteiger partial charge in [-0.1, -0.05) is 0 Å². The van der Waals surface area contributed by atoms with Crippen molar-refractivity contribution in [2.45, 2.75) is 19.3 Å². The van der Waals surface area contributed by atoms with E-state index >= 15 is 0 Å². The Morgan fingerprint density at radius 1 is 1.55 bits per heavy atom. The highest BCUT2D eigenvalue weighted by atomic mass is 16.5. The molecule has 3 rings (SSSR count). The number of carbonyl (C=O) groups is 1. The van der Waals surface area contributed by atoms with Crippen molar-refractivity contribution in [2.24, 2.45) is 17.3 Å². The van der Waals surface area contributed by atoms with Crippen LogP contribution in [0.5, 0.6) is 0 Å². The van der Waals surface area contributed by atoms with Gasteiger partial charge in [-0.05, 0) is 38.3 Å². The summed E-state index contributed by atoms with van der Waals surface area (Å²) in [6.45, 7) is 6.58. The Balaban J connectivity index is 1.66. The number of ether oxygens (including phenoxy) is 2. The normalized spacial score (nSPS) is 38.5. The monoisotopic (exact) mass is 282 g/mol. The lowest BCUT2D eigenvalue weighted by Crippen LogP contribution is -2.45. The highest BCUT2D eigenvalue weighted by Crippen LogP contribution is 2.43. The van der Waals surface area contributed by atoms with Gasteiger partial charge >= 0.3 is 5.97 Å². The van der Waals surface area contributed by atoms with Gasteiger partial charge in [-0.15, -0.1) is 0 Å². The van der Waals surface area contributed by atoms with Crippen molar-refractivity contribution in [3.05, 3.63) is 0 Å². The van der Waals surface area contributed by atoms with Crippen LogP contribution in [0.25, 0.3) is 0 Å². The standard InChI is InChI=1S/C15H26N2O3/c1-19-14(18)15-4-6-20-10-13(15)9-17(11-15)8-12-3-2-5-16-7-12/h12-13,16H,2-11H2,1H3/t12?,13-,15+/m0/s1. The second kappa shape index (κ2) is 6.00. The Kier molecular flexibility index (Phi) is 4.29. The van der Waals surface area contributed by atoms with Crippen molar-refractivity contribution in [1.82, 2.24) is 10.2 Å². The average Bonchev–Trinajstić information content (AvgIpc) is 2.86. The predicted molar refractivity (Wildman–Crippen MR) is 75.4 cm³/mol. The summed E-state index contributed by atoms with van der Waals surface area (Å²) in [5, 5.41) is 3.47. The summed E-state index contributed by atoms with van der Waals surface area (Å²) in [6.07, 6.45) is 3.38. The lowest BCUT2D eigenvalue weighted by atomic mass is 9.74. The second-order valence-electron chi connectivity index (χ2n) is 6.58. The molecule has 0 aromatic rings.